The zero-order valence-electron chi connectivity index (χ0n) is 9.90. The molecule has 0 saturated heterocycles. The minimum Gasteiger partial charge on any atom is -0.491 e. The molecule has 0 spiro atoms. The van der Waals surface area contributed by atoms with Crippen LogP contribution in [0.15, 0.2) is 12.1 Å². The Morgan fingerprint density at radius 1 is 1.12 bits per heavy atom. The van der Waals surface area contributed by atoms with Crippen molar-refractivity contribution in [3.05, 3.63) is 27.2 Å². The lowest BCUT2D eigenvalue weighted by molar-refractivity contribution is 0.311. The minimum atomic E-state index is 0.432. The van der Waals surface area contributed by atoms with Gasteiger partial charge in [0, 0.05) is 12.6 Å². The van der Waals surface area contributed by atoms with E-state index in [-0.39, 0.29) is 0 Å². The van der Waals surface area contributed by atoms with Gasteiger partial charge in [-0.25, -0.2) is 0 Å². The van der Waals surface area contributed by atoms with E-state index in [9.17, 15) is 0 Å². The summed E-state index contributed by atoms with van der Waals surface area (Å²) in [7, 11) is 0. The molecule has 1 rings (SSSR count). The van der Waals surface area contributed by atoms with Gasteiger partial charge in [0.25, 0.3) is 0 Å². The molecule has 96 valence electrons. The van der Waals surface area contributed by atoms with Crippen molar-refractivity contribution in [2.24, 2.45) is 5.92 Å². The van der Waals surface area contributed by atoms with E-state index in [1.165, 1.54) is 0 Å². The monoisotopic (exact) mass is 295 g/mol. The Bertz CT molecular complexity index is 369. The topological polar surface area (TPSA) is 21.3 Å². The molecule has 1 aromatic rings. The van der Waals surface area contributed by atoms with E-state index in [0.29, 0.717) is 33.3 Å². The fourth-order valence-electron chi connectivity index (χ4n) is 1.24. The molecular weight excluding hydrogens is 280 g/mol. The third kappa shape index (κ3) is 5.35. The average Bonchev–Trinajstić information content (AvgIpc) is 2.24. The van der Waals surface area contributed by atoms with Crippen LogP contribution in [0.2, 0.25) is 15.1 Å². The number of ether oxygens (including phenoxy) is 1. The SMILES string of the molecule is CC(C)CNCCOc1cc(Cl)c(Cl)cc1Cl. The lowest BCUT2D eigenvalue weighted by Crippen LogP contribution is -2.24. The first-order chi connectivity index (χ1) is 8.00. The van der Waals surface area contributed by atoms with E-state index in [1.54, 1.807) is 12.1 Å². The fraction of sp³-hybridized carbons (Fsp3) is 0.500. The molecule has 0 aliphatic rings. The zero-order chi connectivity index (χ0) is 12.8. The van der Waals surface area contributed by atoms with Crippen molar-refractivity contribution in [3.8, 4) is 5.75 Å². The molecule has 0 aliphatic carbocycles. The van der Waals surface area contributed by atoms with E-state index in [1.807, 2.05) is 0 Å². The molecule has 0 unspecified atom stereocenters. The summed E-state index contributed by atoms with van der Waals surface area (Å²) in [5.41, 5.74) is 0. The largest absolute Gasteiger partial charge is 0.491 e. The molecule has 0 aliphatic heterocycles. The maximum Gasteiger partial charge on any atom is 0.139 e. The normalized spacial score (nSPS) is 10.9. The summed E-state index contributed by atoms with van der Waals surface area (Å²) in [6.45, 7) is 6.60. The first kappa shape index (κ1) is 14.9. The van der Waals surface area contributed by atoms with Gasteiger partial charge in [-0.15, -0.1) is 0 Å². The van der Waals surface area contributed by atoms with Crippen molar-refractivity contribution in [2.75, 3.05) is 19.7 Å². The van der Waals surface area contributed by atoms with Gasteiger partial charge in [-0.05, 0) is 18.5 Å². The molecule has 0 amide bonds. The van der Waals surface area contributed by atoms with Gasteiger partial charge >= 0.3 is 0 Å². The number of rotatable bonds is 6. The van der Waals surface area contributed by atoms with Crippen LogP contribution >= 0.6 is 34.8 Å². The minimum absolute atomic E-state index is 0.432. The molecule has 2 nitrogen and oxygen atoms in total. The van der Waals surface area contributed by atoms with Gasteiger partial charge in [0.15, 0.2) is 0 Å². The van der Waals surface area contributed by atoms with Gasteiger partial charge < -0.3 is 10.1 Å². The van der Waals surface area contributed by atoms with Gasteiger partial charge in [-0.3, -0.25) is 0 Å². The third-order valence-electron chi connectivity index (χ3n) is 2.06. The Kier molecular flexibility index (Phi) is 6.42. The first-order valence-electron chi connectivity index (χ1n) is 5.48. The fourth-order valence-corrected chi connectivity index (χ4v) is 1.83. The van der Waals surface area contributed by atoms with E-state index in [4.69, 9.17) is 39.5 Å². The molecule has 0 heterocycles. The molecule has 0 saturated carbocycles. The Balaban J connectivity index is 2.39. The zero-order valence-corrected chi connectivity index (χ0v) is 12.2. The van der Waals surface area contributed by atoms with Crippen LogP contribution in [0.25, 0.3) is 0 Å². The molecule has 1 aromatic carbocycles. The van der Waals surface area contributed by atoms with Crippen molar-refractivity contribution in [1.82, 2.24) is 5.32 Å². The van der Waals surface area contributed by atoms with Crippen LogP contribution in [0.5, 0.6) is 5.75 Å². The second-order valence-electron chi connectivity index (χ2n) is 4.14. The highest BCUT2D eigenvalue weighted by Crippen LogP contribution is 2.33. The molecule has 0 atom stereocenters. The molecular formula is C12H16Cl3NO. The van der Waals surface area contributed by atoms with E-state index in [2.05, 4.69) is 19.2 Å². The summed E-state index contributed by atoms with van der Waals surface area (Å²) < 4.78 is 5.52. The lowest BCUT2D eigenvalue weighted by atomic mass is 10.2. The molecule has 0 fully saturated rings. The molecule has 5 heteroatoms. The summed E-state index contributed by atoms with van der Waals surface area (Å²) in [4.78, 5) is 0. The molecule has 1 N–H and O–H groups in total. The van der Waals surface area contributed by atoms with Crippen molar-refractivity contribution in [3.63, 3.8) is 0 Å². The van der Waals surface area contributed by atoms with E-state index in [0.717, 1.165) is 13.1 Å². The standard InChI is InChI=1S/C12H16Cl3NO/c1-8(2)7-16-3-4-17-12-6-10(14)9(13)5-11(12)15/h5-6,8,16H,3-4,7H2,1-2H3. The van der Waals surface area contributed by atoms with Gasteiger partial charge in [0.1, 0.15) is 12.4 Å². The van der Waals surface area contributed by atoms with Gasteiger partial charge in [-0.2, -0.15) is 0 Å². The molecule has 0 bridgehead atoms. The van der Waals surface area contributed by atoms with Crippen molar-refractivity contribution in [1.29, 1.82) is 0 Å². The molecule has 0 radical (unpaired) electrons. The van der Waals surface area contributed by atoms with Crippen LogP contribution in [0.3, 0.4) is 0 Å². The van der Waals surface area contributed by atoms with Crippen LogP contribution in [-0.4, -0.2) is 19.7 Å². The third-order valence-corrected chi connectivity index (χ3v) is 3.08. The average molecular weight is 297 g/mol. The number of halogens is 3. The molecule has 0 aromatic heterocycles. The smallest absolute Gasteiger partial charge is 0.139 e. The summed E-state index contributed by atoms with van der Waals surface area (Å²) >= 11 is 17.7. The second kappa shape index (κ2) is 7.32. The number of hydrogen-bond donors (Lipinski definition) is 1. The quantitative estimate of drug-likeness (QED) is 0.625. The maximum atomic E-state index is 5.98. The summed E-state index contributed by atoms with van der Waals surface area (Å²) in [5.74, 6) is 1.19. The van der Waals surface area contributed by atoms with E-state index < -0.39 is 0 Å². The molecule has 17 heavy (non-hydrogen) atoms. The van der Waals surface area contributed by atoms with Gasteiger partial charge in [-0.1, -0.05) is 48.7 Å². The number of benzene rings is 1. The Morgan fingerprint density at radius 3 is 2.41 bits per heavy atom. The summed E-state index contributed by atoms with van der Waals surface area (Å²) in [6.07, 6.45) is 0. The Hall–Kier alpha value is -0.150. The van der Waals surface area contributed by atoms with Crippen LogP contribution < -0.4 is 10.1 Å². The highest BCUT2D eigenvalue weighted by molar-refractivity contribution is 6.43. The number of nitrogens with one attached hydrogen (secondary N) is 1. The van der Waals surface area contributed by atoms with Crippen LogP contribution in [0.1, 0.15) is 13.8 Å². The first-order valence-corrected chi connectivity index (χ1v) is 6.62. The highest BCUT2D eigenvalue weighted by atomic mass is 35.5. The van der Waals surface area contributed by atoms with Gasteiger partial charge in [0.2, 0.25) is 0 Å². The van der Waals surface area contributed by atoms with Gasteiger partial charge in [0.05, 0.1) is 15.1 Å². The predicted octanol–water partition coefficient (Wildman–Crippen LogP) is 4.27. The summed E-state index contributed by atoms with van der Waals surface area (Å²) in [6, 6.07) is 3.22. The van der Waals surface area contributed by atoms with Crippen LogP contribution in [0.4, 0.5) is 0 Å². The van der Waals surface area contributed by atoms with Crippen LogP contribution in [0, 0.1) is 5.92 Å². The Morgan fingerprint density at radius 2 is 1.76 bits per heavy atom. The van der Waals surface area contributed by atoms with E-state index >= 15 is 0 Å². The van der Waals surface area contributed by atoms with Crippen molar-refractivity contribution in [2.45, 2.75) is 13.8 Å². The van der Waals surface area contributed by atoms with Crippen molar-refractivity contribution < 1.29 is 4.74 Å². The van der Waals surface area contributed by atoms with Crippen LogP contribution in [-0.2, 0) is 0 Å². The lowest BCUT2D eigenvalue weighted by Gasteiger charge is -2.11. The van der Waals surface area contributed by atoms with Crippen molar-refractivity contribution >= 4 is 34.8 Å². The Labute approximate surface area is 117 Å². The maximum absolute atomic E-state index is 5.98. The highest BCUT2D eigenvalue weighted by Gasteiger charge is 2.06. The summed E-state index contributed by atoms with van der Waals surface area (Å²) in [5, 5.41) is 4.63. The number of hydrogen-bond acceptors (Lipinski definition) is 2. The predicted molar refractivity (Wildman–Crippen MR) is 74.7 cm³/mol. The second-order valence-corrected chi connectivity index (χ2v) is 5.36.